The molecule has 0 aliphatic heterocycles. The summed E-state index contributed by atoms with van der Waals surface area (Å²) in [7, 11) is 0. The minimum atomic E-state index is -0.540. The van der Waals surface area contributed by atoms with Crippen LogP contribution in [-0.4, -0.2) is 32.1 Å². The fraction of sp³-hybridized carbons (Fsp3) is 0.412. The Hall–Kier alpha value is -2.44. The highest BCUT2D eigenvalue weighted by atomic mass is 79.9. The van der Waals surface area contributed by atoms with Crippen molar-refractivity contribution in [2.24, 2.45) is 0 Å². The Morgan fingerprint density at radius 2 is 1.55 bits per heavy atom. The summed E-state index contributed by atoms with van der Waals surface area (Å²) in [6, 6.07) is 3.15. The molecule has 0 atom stereocenters. The van der Waals surface area contributed by atoms with E-state index in [1.807, 2.05) is 0 Å². The summed E-state index contributed by atoms with van der Waals surface area (Å²) in [6.07, 6.45) is 3.96. The fourth-order valence-electron chi connectivity index (χ4n) is 2.59. The molecule has 11 nitrogen and oxygen atoms in total. The predicted molar refractivity (Wildman–Crippen MR) is 117 cm³/mol. The molecule has 2 saturated carbocycles. The second kappa shape index (κ2) is 9.37. The number of anilines is 2. The topological polar surface area (TPSA) is 147 Å². The zero-order valence-electron chi connectivity index (χ0n) is 16.1. The maximum absolute atomic E-state index is 10.8. The van der Waals surface area contributed by atoms with E-state index in [0.717, 1.165) is 25.7 Å². The van der Waals surface area contributed by atoms with Crippen molar-refractivity contribution in [3.63, 3.8) is 0 Å². The third-order valence-corrected chi connectivity index (χ3v) is 5.62. The predicted octanol–water partition coefficient (Wildman–Crippen LogP) is 4.64. The number of rotatable bonds is 6. The van der Waals surface area contributed by atoms with E-state index in [9.17, 15) is 25.4 Å². The minimum absolute atomic E-state index is 0.000556. The molecule has 0 saturated heterocycles. The van der Waals surface area contributed by atoms with Gasteiger partial charge in [0.1, 0.15) is 6.07 Å². The van der Waals surface area contributed by atoms with Gasteiger partial charge in [0.25, 0.3) is 5.69 Å². The van der Waals surface area contributed by atoms with Crippen LogP contribution < -0.4 is 15.4 Å². The minimum Gasteiger partial charge on any atom is -0.374 e. The molecule has 0 amide bonds. The number of hydrogen-bond acceptors (Lipinski definition) is 8. The summed E-state index contributed by atoms with van der Waals surface area (Å²) in [4.78, 5) is 24.7. The van der Waals surface area contributed by atoms with Crippen LogP contribution in [0.25, 0.3) is 0 Å². The fourth-order valence-corrected chi connectivity index (χ4v) is 3.61. The molecule has 2 aromatic rings. The van der Waals surface area contributed by atoms with Gasteiger partial charge < -0.3 is 10.6 Å². The zero-order chi connectivity index (χ0) is 22.9. The normalized spacial score (nSPS) is 15.0. The Balaban J connectivity index is 0.000000176. The van der Waals surface area contributed by atoms with E-state index in [0.29, 0.717) is 22.2 Å². The summed E-state index contributed by atoms with van der Waals surface area (Å²) in [5.74, 6) is 0. The van der Waals surface area contributed by atoms with E-state index in [-0.39, 0.29) is 38.0 Å². The van der Waals surface area contributed by atoms with E-state index in [4.69, 9.17) is 23.2 Å². The molecule has 2 aromatic heterocycles. The standard InChI is InChI=1S/C9H10ClN3O2.C8H8BrClN3O3/c1-5-4-7(13(14)15)8(9(10)11-5)12-6-2-3-6;9-6-3-5(13(15)16)7(8(10)12(6)14)11-4-1-2-4/h4,6,12H,2-3H2,1H3;3-4,11,14H,1-2H2/q;+1. The zero-order valence-corrected chi connectivity index (χ0v) is 19.2. The van der Waals surface area contributed by atoms with Crippen LogP contribution in [0.2, 0.25) is 10.3 Å². The van der Waals surface area contributed by atoms with Crippen LogP contribution in [0.3, 0.4) is 0 Å². The van der Waals surface area contributed by atoms with Crippen LogP contribution in [-0.2, 0) is 0 Å². The summed E-state index contributed by atoms with van der Waals surface area (Å²) in [5, 5.41) is 37.2. The number of nitrogens with one attached hydrogen (secondary N) is 2. The van der Waals surface area contributed by atoms with E-state index in [1.54, 1.807) is 6.92 Å². The number of halogens is 3. The number of nitro groups is 2. The lowest BCUT2D eigenvalue weighted by Crippen LogP contribution is -2.34. The molecule has 2 aliphatic rings. The number of aromatic nitrogens is 2. The molecule has 4 rings (SSSR count). The Kier molecular flexibility index (Phi) is 7.02. The van der Waals surface area contributed by atoms with E-state index in [2.05, 4.69) is 31.5 Å². The number of aryl methyl sites for hydroxylation is 1. The molecule has 0 aromatic carbocycles. The number of pyridine rings is 2. The van der Waals surface area contributed by atoms with Crippen molar-refractivity contribution in [2.45, 2.75) is 44.7 Å². The molecular formula is C17H18BrCl2N6O5+. The van der Waals surface area contributed by atoms with Crippen molar-refractivity contribution < 1.29 is 19.8 Å². The average molecular weight is 537 g/mol. The number of hydrogen-bond donors (Lipinski definition) is 3. The van der Waals surface area contributed by atoms with Crippen LogP contribution >= 0.6 is 39.1 Å². The Labute approximate surface area is 194 Å². The van der Waals surface area contributed by atoms with Gasteiger partial charge in [0.2, 0.25) is 5.69 Å². The largest absolute Gasteiger partial charge is 0.374 e. The highest BCUT2D eigenvalue weighted by Gasteiger charge is 2.34. The van der Waals surface area contributed by atoms with Crippen molar-refractivity contribution in [1.29, 1.82) is 0 Å². The number of nitrogens with zero attached hydrogens (tertiary/aromatic N) is 4. The molecular weight excluding hydrogens is 519 g/mol. The molecule has 0 bridgehead atoms. The van der Waals surface area contributed by atoms with Crippen molar-refractivity contribution in [1.82, 2.24) is 4.98 Å². The molecule has 3 N–H and O–H groups in total. The Morgan fingerprint density at radius 3 is 2.03 bits per heavy atom. The van der Waals surface area contributed by atoms with Gasteiger partial charge in [-0.3, -0.25) is 25.4 Å². The maximum Gasteiger partial charge on any atom is 0.356 e. The molecule has 2 fully saturated rings. The first-order valence-corrected chi connectivity index (χ1v) is 10.8. The van der Waals surface area contributed by atoms with Gasteiger partial charge in [-0.1, -0.05) is 11.6 Å². The van der Waals surface area contributed by atoms with Gasteiger partial charge in [0.15, 0.2) is 10.8 Å². The van der Waals surface area contributed by atoms with Gasteiger partial charge in [-0.15, -0.1) is 0 Å². The molecule has 0 spiro atoms. The first-order valence-electron chi connectivity index (χ1n) is 9.20. The molecule has 0 radical (unpaired) electrons. The summed E-state index contributed by atoms with van der Waals surface area (Å²) >= 11 is 14.7. The smallest absolute Gasteiger partial charge is 0.356 e. The van der Waals surface area contributed by atoms with Gasteiger partial charge >= 0.3 is 15.4 Å². The average Bonchev–Trinajstić information content (AvgIpc) is 3.60. The van der Waals surface area contributed by atoms with Gasteiger partial charge in [0.05, 0.1) is 9.85 Å². The van der Waals surface area contributed by atoms with Crippen molar-refractivity contribution in [2.75, 3.05) is 10.6 Å². The van der Waals surface area contributed by atoms with Crippen LogP contribution in [0.15, 0.2) is 16.7 Å². The monoisotopic (exact) mass is 535 g/mol. The highest BCUT2D eigenvalue weighted by molar-refractivity contribution is 9.10. The van der Waals surface area contributed by atoms with Gasteiger partial charge in [-0.05, 0) is 44.2 Å². The second-order valence-electron chi connectivity index (χ2n) is 7.13. The first kappa shape index (κ1) is 23.2. The van der Waals surface area contributed by atoms with Crippen LogP contribution in [0, 0.1) is 27.2 Å². The quantitative estimate of drug-likeness (QED) is 0.159. The van der Waals surface area contributed by atoms with Gasteiger partial charge in [-0.25, -0.2) is 4.98 Å². The molecule has 0 unspecified atom stereocenters. The third-order valence-electron chi connectivity index (χ3n) is 4.43. The van der Waals surface area contributed by atoms with Crippen molar-refractivity contribution in [3.8, 4) is 0 Å². The lowest BCUT2D eigenvalue weighted by atomic mass is 10.3. The molecule has 31 heavy (non-hydrogen) atoms. The maximum atomic E-state index is 10.8. The summed E-state index contributed by atoms with van der Waals surface area (Å²) in [6.45, 7) is 1.68. The lowest BCUT2D eigenvalue weighted by Gasteiger charge is -2.07. The highest BCUT2D eigenvalue weighted by Crippen LogP contribution is 2.36. The second-order valence-corrected chi connectivity index (χ2v) is 8.66. The van der Waals surface area contributed by atoms with Crippen LogP contribution in [0.4, 0.5) is 22.7 Å². The Morgan fingerprint density at radius 1 is 1.06 bits per heavy atom. The Bertz CT molecular complexity index is 1050. The van der Waals surface area contributed by atoms with Crippen molar-refractivity contribution >= 4 is 61.9 Å². The van der Waals surface area contributed by atoms with E-state index >= 15 is 0 Å². The van der Waals surface area contributed by atoms with E-state index in [1.165, 1.54) is 12.1 Å². The summed E-state index contributed by atoms with van der Waals surface area (Å²) in [5.41, 5.74) is 0.885. The first-order chi connectivity index (χ1) is 14.6. The SMILES string of the molecule is Cc1cc([N+](=O)[O-])c(NC2CC2)c(Cl)n1.O=[N+]([O-])c1cc(Br)[n+](O)c(Cl)c1NC1CC1. The van der Waals surface area contributed by atoms with Gasteiger partial charge in [-0.2, -0.15) is 0 Å². The van der Waals surface area contributed by atoms with Crippen LogP contribution in [0.5, 0.6) is 0 Å². The summed E-state index contributed by atoms with van der Waals surface area (Å²) < 4.78 is 0.782. The molecule has 2 heterocycles. The van der Waals surface area contributed by atoms with Crippen LogP contribution in [0.1, 0.15) is 31.4 Å². The lowest BCUT2D eigenvalue weighted by molar-refractivity contribution is -0.910. The third kappa shape index (κ3) is 5.83. The van der Waals surface area contributed by atoms with Gasteiger partial charge in [0, 0.05) is 44.5 Å². The molecule has 14 heteroatoms. The molecule has 2 aliphatic carbocycles. The molecule has 166 valence electrons. The van der Waals surface area contributed by atoms with Crippen molar-refractivity contribution in [3.05, 3.63) is 53.0 Å². The van der Waals surface area contributed by atoms with E-state index < -0.39 is 9.85 Å².